The van der Waals surface area contributed by atoms with E-state index >= 15 is 0 Å². The van der Waals surface area contributed by atoms with Crippen LogP contribution in [0, 0.1) is 5.82 Å². The number of allylic oxidation sites excluding steroid dienone is 1. The van der Waals surface area contributed by atoms with Gasteiger partial charge in [0.15, 0.2) is 0 Å². The number of hydrogen-bond acceptors (Lipinski definition) is 0. The minimum Gasteiger partial charge on any atom is -0.206 e. The van der Waals surface area contributed by atoms with E-state index in [4.69, 9.17) is 23.2 Å². The summed E-state index contributed by atoms with van der Waals surface area (Å²) in [5.74, 6) is 0.146. The quantitative estimate of drug-likeness (QED) is 0.673. The topological polar surface area (TPSA) is 0 Å². The van der Waals surface area contributed by atoms with Crippen molar-refractivity contribution in [1.29, 1.82) is 0 Å². The maximum atomic E-state index is 13.3. The SMILES string of the molecule is CC/C(=C/c1cc(Cl)ccc1F)CCl. The zero-order chi connectivity index (χ0) is 10.6. The van der Waals surface area contributed by atoms with E-state index in [1.54, 1.807) is 12.1 Å². The lowest BCUT2D eigenvalue weighted by atomic mass is 10.1. The van der Waals surface area contributed by atoms with Crippen molar-refractivity contribution in [2.24, 2.45) is 0 Å². The summed E-state index contributed by atoms with van der Waals surface area (Å²) in [7, 11) is 0. The highest BCUT2D eigenvalue weighted by atomic mass is 35.5. The first kappa shape index (κ1) is 11.5. The van der Waals surface area contributed by atoms with Gasteiger partial charge in [-0.05, 0) is 24.6 Å². The van der Waals surface area contributed by atoms with Crippen molar-refractivity contribution in [3.8, 4) is 0 Å². The van der Waals surface area contributed by atoms with E-state index < -0.39 is 0 Å². The van der Waals surface area contributed by atoms with Gasteiger partial charge >= 0.3 is 0 Å². The van der Waals surface area contributed by atoms with Crippen molar-refractivity contribution in [3.63, 3.8) is 0 Å². The molecule has 0 aliphatic heterocycles. The number of benzene rings is 1. The molecule has 0 atom stereocenters. The molecule has 0 bridgehead atoms. The fourth-order valence-electron chi connectivity index (χ4n) is 1.08. The maximum absolute atomic E-state index is 13.3. The Labute approximate surface area is 93.3 Å². The predicted molar refractivity (Wildman–Crippen MR) is 60.4 cm³/mol. The normalized spacial score (nSPS) is 11.9. The molecule has 14 heavy (non-hydrogen) atoms. The molecule has 0 fully saturated rings. The third-order valence-corrected chi connectivity index (χ3v) is 2.52. The van der Waals surface area contributed by atoms with E-state index in [-0.39, 0.29) is 5.82 Å². The van der Waals surface area contributed by atoms with Crippen LogP contribution in [0.5, 0.6) is 0 Å². The first-order valence-corrected chi connectivity index (χ1v) is 5.29. The molecule has 76 valence electrons. The molecule has 1 aromatic rings. The van der Waals surface area contributed by atoms with E-state index in [2.05, 4.69) is 0 Å². The molecule has 0 saturated heterocycles. The zero-order valence-electron chi connectivity index (χ0n) is 7.86. The Morgan fingerprint density at radius 3 is 2.79 bits per heavy atom. The Hall–Kier alpha value is -0.530. The van der Waals surface area contributed by atoms with Crippen LogP contribution < -0.4 is 0 Å². The molecule has 0 aliphatic rings. The molecule has 1 aromatic carbocycles. The fraction of sp³-hybridized carbons (Fsp3) is 0.273. The van der Waals surface area contributed by atoms with Gasteiger partial charge in [0.2, 0.25) is 0 Å². The zero-order valence-corrected chi connectivity index (χ0v) is 9.37. The third-order valence-electron chi connectivity index (χ3n) is 1.94. The molecule has 0 aliphatic carbocycles. The first-order valence-electron chi connectivity index (χ1n) is 4.37. The highest BCUT2D eigenvalue weighted by Gasteiger charge is 2.01. The van der Waals surface area contributed by atoms with Gasteiger partial charge in [-0.15, -0.1) is 11.6 Å². The van der Waals surface area contributed by atoms with Gasteiger partial charge in [0.1, 0.15) is 5.82 Å². The van der Waals surface area contributed by atoms with Crippen LogP contribution in [-0.4, -0.2) is 5.88 Å². The number of alkyl halides is 1. The van der Waals surface area contributed by atoms with Gasteiger partial charge in [-0.3, -0.25) is 0 Å². The van der Waals surface area contributed by atoms with Gasteiger partial charge in [0, 0.05) is 16.5 Å². The van der Waals surface area contributed by atoms with Crippen molar-refractivity contribution >= 4 is 29.3 Å². The average molecular weight is 233 g/mol. The lowest BCUT2D eigenvalue weighted by Crippen LogP contribution is -1.86. The Morgan fingerprint density at radius 2 is 2.21 bits per heavy atom. The molecule has 0 unspecified atom stereocenters. The fourth-order valence-corrected chi connectivity index (χ4v) is 1.53. The Bertz CT molecular complexity index is 339. The molecule has 0 heterocycles. The van der Waals surface area contributed by atoms with Crippen LogP contribution >= 0.6 is 23.2 Å². The predicted octanol–water partition coefficient (Wildman–Crippen LogP) is 4.51. The van der Waals surface area contributed by atoms with Crippen LogP contribution in [0.15, 0.2) is 23.8 Å². The van der Waals surface area contributed by atoms with Crippen molar-refractivity contribution in [1.82, 2.24) is 0 Å². The molecular formula is C11H11Cl2F. The summed E-state index contributed by atoms with van der Waals surface area (Å²) in [5.41, 5.74) is 1.49. The number of halogens is 3. The minimum atomic E-state index is -0.273. The van der Waals surface area contributed by atoms with Crippen LogP contribution in [0.25, 0.3) is 6.08 Å². The second-order valence-corrected chi connectivity index (χ2v) is 3.66. The van der Waals surface area contributed by atoms with Gasteiger partial charge in [0.05, 0.1) is 0 Å². The molecule has 0 aromatic heterocycles. The van der Waals surface area contributed by atoms with Crippen LogP contribution in [0.4, 0.5) is 4.39 Å². The average Bonchev–Trinajstić information content (AvgIpc) is 2.19. The molecule has 0 spiro atoms. The Balaban J connectivity index is 3.06. The molecular weight excluding hydrogens is 222 g/mol. The molecule has 0 N–H and O–H groups in total. The van der Waals surface area contributed by atoms with E-state index in [1.807, 2.05) is 6.92 Å². The Morgan fingerprint density at radius 1 is 1.50 bits per heavy atom. The monoisotopic (exact) mass is 232 g/mol. The van der Waals surface area contributed by atoms with Crippen LogP contribution in [0.2, 0.25) is 5.02 Å². The van der Waals surface area contributed by atoms with Crippen LogP contribution in [0.3, 0.4) is 0 Å². The van der Waals surface area contributed by atoms with Gasteiger partial charge in [-0.25, -0.2) is 4.39 Å². The molecule has 1 rings (SSSR count). The number of rotatable bonds is 3. The standard InChI is InChI=1S/C11H11Cl2F/c1-2-8(7-12)5-9-6-10(13)3-4-11(9)14/h3-6H,2,7H2,1H3/b8-5-. The summed E-state index contributed by atoms with van der Waals surface area (Å²) in [4.78, 5) is 0. The van der Waals surface area contributed by atoms with Crippen molar-refractivity contribution in [2.45, 2.75) is 13.3 Å². The summed E-state index contributed by atoms with van der Waals surface area (Å²) in [6.45, 7) is 1.98. The summed E-state index contributed by atoms with van der Waals surface area (Å²) >= 11 is 11.4. The van der Waals surface area contributed by atoms with Gasteiger partial charge < -0.3 is 0 Å². The largest absolute Gasteiger partial charge is 0.206 e. The highest BCUT2D eigenvalue weighted by Crippen LogP contribution is 2.19. The van der Waals surface area contributed by atoms with E-state index in [0.717, 1.165) is 12.0 Å². The molecule has 0 radical (unpaired) electrons. The number of hydrogen-bond donors (Lipinski definition) is 0. The van der Waals surface area contributed by atoms with Crippen molar-refractivity contribution in [3.05, 3.63) is 40.2 Å². The molecule has 3 heteroatoms. The second kappa shape index (κ2) is 5.38. The van der Waals surface area contributed by atoms with Gasteiger partial charge in [0.25, 0.3) is 0 Å². The van der Waals surface area contributed by atoms with E-state index in [0.29, 0.717) is 16.5 Å². The van der Waals surface area contributed by atoms with Gasteiger partial charge in [-0.2, -0.15) is 0 Å². The van der Waals surface area contributed by atoms with E-state index in [9.17, 15) is 4.39 Å². The first-order chi connectivity index (χ1) is 6.67. The Kier molecular flexibility index (Phi) is 4.43. The lowest BCUT2D eigenvalue weighted by molar-refractivity contribution is 0.625. The molecule has 0 nitrogen and oxygen atoms in total. The smallest absolute Gasteiger partial charge is 0.130 e. The summed E-state index contributed by atoms with van der Waals surface area (Å²) < 4.78 is 13.3. The summed E-state index contributed by atoms with van der Waals surface area (Å²) in [5, 5.41) is 0.530. The van der Waals surface area contributed by atoms with Crippen LogP contribution in [-0.2, 0) is 0 Å². The molecule has 0 saturated carbocycles. The van der Waals surface area contributed by atoms with Crippen LogP contribution in [0.1, 0.15) is 18.9 Å². The summed E-state index contributed by atoms with van der Waals surface area (Å²) in [6.07, 6.45) is 2.56. The summed E-state index contributed by atoms with van der Waals surface area (Å²) in [6, 6.07) is 4.48. The third kappa shape index (κ3) is 3.00. The maximum Gasteiger partial charge on any atom is 0.130 e. The molecule has 0 amide bonds. The second-order valence-electron chi connectivity index (χ2n) is 2.96. The van der Waals surface area contributed by atoms with Gasteiger partial charge in [-0.1, -0.05) is 30.2 Å². The van der Waals surface area contributed by atoms with Crippen molar-refractivity contribution < 1.29 is 4.39 Å². The van der Waals surface area contributed by atoms with E-state index in [1.165, 1.54) is 12.1 Å². The van der Waals surface area contributed by atoms with Crippen molar-refractivity contribution in [2.75, 3.05) is 5.88 Å². The minimum absolute atomic E-state index is 0.273. The highest BCUT2D eigenvalue weighted by molar-refractivity contribution is 6.30. The lowest BCUT2D eigenvalue weighted by Gasteiger charge is -2.01.